The molecular formula is C28H34N2O2. The maximum absolute atomic E-state index is 12.9. The summed E-state index contributed by atoms with van der Waals surface area (Å²) in [7, 11) is 0. The highest BCUT2D eigenvalue weighted by atomic mass is 16.5. The van der Waals surface area contributed by atoms with Gasteiger partial charge in [-0.05, 0) is 97.1 Å². The molecule has 1 N–H and O–H groups in total. The maximum Gasteiger partial charge on any atom is 0.255 e. The highest BCUT2D eigenvalue weighted by Gasteiger charge is 2.51. The molecule has 1 heterocycles. The largest absolute Gasteiger partial charge is 0.379 e. The first-order valence-corrected chi connectivity index (χ1v) is 12.5. The Balaban J connectivity index is 1.12. The first kappa shape index (κ1) is 20.4. The van der Waals surface area contributed by atoms with Crippen LogP contribution >= 0.6 is 0 Å². The van der Waals surface area contributed by atoms with E-state index in [0.29, 0.717) is 5.41 Å². The number of rotatable bonds is 5. The van der Waals surface area contributed by atoms with Crippen molar-refractivity contribution in [2.24, 2.45) is 17.8 Å². The Hall–Kier alpha value is -2.17. The molecule has 0 spiro atoms. The lowest BCUT2D eigenvalue weighted by Gasteiger charge is -2.57. The van der Waals surface area contributed by atoms with Gasteiger partial charge in [0.05, 0.1) is 13.2 Å². The first-order chi connectivity index (χ1) is 15.6. The van der Waals surface area contributed by atoms with E-state index in [-0.39, 0.29) is 5.91 Å². The molecule has 1 aliphatic heterocycles. The molecule has 0 unspecified atom stereocenters. The SMILES string of the molecule is O=C(Nc1ccc(C23CC4CC(CC(C4)C2)C3)cc1)c1cccc(CN2CCOCC2)c1. The van der Waals surface area contributed by atoms with E-state index in [1.807, 2.05) is 18.2 Å². The fourth-order valence-electron chi connectivity index (χ4n) is 7.40. The van der Waals surface area contributed by atoms with Crippen molar-refractivity contribution in [3.63, 3.8) is 0 Å². The third-order valence-corrected chi connectivity index (χ3v) is 8.49. The zero-order valence-electron chi connectivity index (χ0n) is 18.9. The van der Waals surface area contributed by atoms with Gasteiger partial charge in [0.1, 0.15) is 0 Å². The monoisotopic (exact) mass is 430 g/mol. The van der Waals surface area contributed by atoms with Gasteiger partial charge in [-0.1, -0.05) is 24.3 Å². The minimum absolute atomic E-state index is 0.0311. The molecular weight excluding hydrogens is 396 g/mol. The summed E-state index contributed by atoms with van der Waals surface area (Å²) in [4.78, 5) is 15.3. The summed E-state index contributed by atoms with van der Waals surface area (Å²) in [5, 5.41) is 3.12. The lowest BCUT2D eigenvalue weighted by Crippen LogP contribution is -2.48. The van der Waals surface area contributed by atoms with Gasteiger partial charge in [0, 0.05) is 30.9 Å². The second kappa shape index (κ2) is 8.31. The summed E-state index contributed by atoms with van der Waals surface area (Å²) in [6, 6.07) is 16.8. The van der Waals surface area contributed by atoms with Crippen LogP contribution in [-0.4, -0.2) is 37.1 Å². The Morgan fingerprint density at radius 3 is 2.25 bits per heavy atom. The molecule has 2 aromatic rings. The van der Waals surface area contributed by atoms with Crippen LogP contribution in [0.4, 0.5) is 5.69 Å². The van der Waals surface area contributed by atoms with Crippen molar-refractivity contribution in [3.05, 3.63) is 65.2 Å². The quantitative estimate of drug-likeness (QED) is 0.705. The molecule has 5 aliphatic rings. The van der Waals surface area contributed by atoms with Crippen LogP contribution in [0, 0.1) is 17.8 Å². The van der Waals surface area contributed by atoms with Gasteiger partial charge in [0.25, 0.3) is 5.91 Å². The second-order valence-electron chi connectivity index (χ2n) is 10.8. The molecule has 4 saturated carbocycles. The molecule has 2 aromatic carbocycles. The molecule has 0 aromatic heterocycles. The van der Waals surface area contributed by atoms with Gasteiger partial charge in [0.2, 0.25) is 0 Å². The van der Waals surface area contributed by atoms with E-state index in [4.69, 9.17) is 4.74 Å². The number of anilines is 1. The third kappa shape index (κ3) is 3.99. The van der Waals surface area contributed by atoms with Gasteiger partial charge in [-0.15, -0.1) is 0 Å². The van der Waals surface area contributed by atoms with Crippen molar-refractivity contribution < 1.29 is 9.53 Å². The highest BCUT2D eigenvalue weighted by molar-refractivity contribution is 6.04. The van der Waals surface area contributed by atoms with Crippen molar-refractivity contribution in [3.8, 4) is 0 Å². The van der Waals surface area contributed by atoms with E-state index in [1.165, 1.54) is 49.7 Å². The normalized spacial score (nSPS) is 31.6. The van der Waals surface area contributed by atoms with Crippen molar-refractivity contribution in [1.82, 2.24) is 4.90 Å². The minimum Gasteiger partial charge on any atom is -0.379 e. The number of benzene rings is 2. The molecule has 5 fully saturated rings. The summed E-state index contributed by atoms with van der Waals surface area (Å²) in [6.07, 6.45) is 8.54. The van der Waals surface area contributed by atoms with E-state index in [9.17, 15) is 4.79 Å². The van der Waals surface area contributed by atoms with Crippen molar-refractivity contribution >= 4 is 11.6 Å². The van der Waals surface area contributed by atoms with E-state index in [2.05, 4.69) is 40.5 Å². The smallest absolute Gasteiger partial charge is 0.255 e. The molecule has 4 bridgehead atoms. The van der Waals surface area contributed by atoms with Crippen LogP contribution in [0.25, 0.3) is 0 Å². The number of nitrogens with one attached hydrogen (secondary N) is 1. The predicted molar refractivity (Wildman–Crippen MR) is 127 cm³/mol. The van der Waals surface area contributed by atoms with Gasteiger partial charge in [-0.3, -0.25) is 9.69 Å². The number of hydrogen-bond acceptors (Lipinski definition) is 3. The Bertz CT molecular complexity index is 942. The summed E-state index contributed by atoms with van der Waals surface area (Å²) < 4.78 is 5.44. The lowest BCUT2D eigenvalue weighted by molar-refractivity contribution is -0.00518. The average Bonchev–Trinajstić information content (AvgIpc) is 2.79. The van der Waals surface area contributed by atoms with Crippen LogP contribution in [-0.2, 0) is 16.7 Å². The summed E-state index contributed by atoms with van der Waals surface area (Å²) in [5.74, 6) is 2.82. The standard InChI is InChI=1S/C28H34N2O2/c31-27(24-3-1-2-20(15-24)19-30-8-10-32-11-9-30)29-26-6-4-25(5-7-26)28-16-21-12-22(17-28)14-23(13-21)18-28/h1-7,15,21-23H,8-14,16-19H2,(H,29,31). The van der Waals surface area contributed by atoms with Crippen LogP contribution in [0.1, 0.15) is 60.0 Å². The minimum atomic E-state index is -0.0311. The van der Waals surface area contributed by atoms with Crippen molar-refractivity contribution in [2.75, 3.05) is 31.6 Å². The zero-order chi connectivity index (χ0) is 21.5. The molecule has 4 heteroatoms. The third-order valence-electron chi connectivity index (χ3n) is 8.49. The number of hydrogen-bond donors (Lipinski definition) is 1. The van der Waals surface area contributed by atoms with E-state index < -0.39 is 0 Å². The van der Waals surface area contributed by atoms with Gasteiger partial charge in [-0.25, -0.2) is 0 Å². The molecule has 168 valence electrons. The highest BCUT2D eigenvalue weighted by Crippen LogP contribution is 2.60. The second-order valence-corrected chi connectivity index (χ2v) is 10.8. The number of ether oxygens (including phenoxy) is 1. The van der Waals surface area contributed by atoms with Crippen molar-refractivity contribution in [2.45, 2.75) is 50.5 Å². The fraction of sp³-hybridized carbons (Fsp3) is 0.536. The molecule has 4 nitrogen and oxygen atoms in total. The molecule has 32 heavy (non-hydrogen) atoms. The Morgan fingerprint density at radius 1 is 0.938 bits per heavy atom. The summed E-state index contributed by atoms with van der Waals surface area (Å²) in [5.41, 5.74) is 4.70. The molecule has 7 rings (SSSR count). The first-order valence-electron chi connectivity index (χ1n) is 12.5. The van der Waals surface area contributed by atoms with E-state index in [1.54, 1.807) is 0 Å². The summed E-state index contributed by atoms with van der Waals surface area (Å²) >= 11 is 0. The zero-order valence-corrected chi connectivity index (χ0v) is 18.9. The molecule has 0 atom stereocenters. The number of carbonyl (C=O) groups is 1. The maximum atomic E-state index is 12.9. The van der Waals surface area contributed by atoms with Crippen molar-refractivity contribution in [1.29, 1.82) is 0 Å². The van der Waals surface area contributed by atoms with Gasteiger partial charge in [-0.2, -0.15) is 0 Å². The van der Waals surface area contributed by atoms with Gasteiger partial charge in [0.15, 0.2) is 0 Å². The topological polar surface area (TPSA) is 41.6 Å². The number of nitrogens with zero attached hydrogens (tertiary/aromatic N) is 1. The molecule has 1 amide bonds. The lowest BCUT2D eigenvalue weighted by atomic mass is 9.48. The Labute approximate surface area is 191 Å². The Kier molecular flexibility index (Phi) is 5.31. The number of carbonyl (C=O) groups excluding carboxylic acids is 1. The van der Waals surface area contributed by atoms with E-state index in [0.717, 1.165) is 61.9 Å². The fourth-order valence-corrected chi connectivity index (χ4v) is 7.40. The van der Waals surface area contributed by atoms with Crippen LogP contribution in [0.15, 0.2) is 48.5 Å². The molecule has 1 saturated heterocycles. The molecule has 0 radical (unpaired) electrons. The van der Waals surface area contributed by atoms with Gasteiger partial charge >= 0.3 is 0 Å². The van der Waals surface area contributed by atoms with E-state index >= 15 is 0 Å². The molecule has 4 aliphatic carbocycles. The Morgan fingerprint density at radius 2 is 1.59 bits per heavy atom. The van der Waals surface area contributed by atoms with Crippen LogP contribution < -0.4 is 5.32 Å². The number of amides is 1. The summed E-state index contributed by atoms with van der Waals surface area (Å²) in [6.45, 7) is 4.35. The van der Waals surface area contributed by atoms with Crippen LogP contribution in [0.3, 0.4) is 0 Å². The van der Waals surface area contributed by atoms with Crippen LogP contribution in [0.5, 0.6) is 0 Å². The average molecular weight is 431 g/mol. The predicted octanol–water partition coefficient (Wildman–Crippen LogP) is 5.24. The number of morpholine rings is 1. The van der Waals surface area contributed by atoms with Crippen LogP contribution in [0.2, 0.25) is 0 Å². The van der Waals surface area contributed by atoms with Gasteiger partial charge < -0.3 is 10.1 Å².